The molecule has 0 aliphatic rings. The predicted octanol–water partition coefficient (Wildman–Crippen LogP) is 5.29. The van der Waals surface area contributed by atoms with Gasteiger partial charge in [0.2, 0.25) is 0 Å². The molecule has 0 aliphatic carbocycles. The topological polar surface area (TPSA) is 12.9 Å². The Hall–Kier alpha value is -1.58. The zero-order chi connectivity index (χ0) is 14.8. The number of alkyl halides is 3. The molecule has 1 nitrogen and oxygen atoms in total. The number of halogens is 3. The van der Waals surface area contributed by atoms with Crippen LogP contribution in [0.5, 0.6) is 0 Å². The van der Waals surface area contributed by atoms with Crippen LogP contribution in [0.25, 0.3) is 10.9 Å². The molecule has 2 rings (SSSR count). The molecular formula is C16H18F3N. The summed E-state index contributed by atoms with van der Waals surface area (Å²) < 4.78 is 39.2. The van der Waals surface area contributed by atoms with Crippen LogP contribution in [0.1, 0.15) is 43.0 Å². The van der Waals surface area contributed by atoms with E-state index in [1.165, 1.54) is 6.92 Å². The van der Waals surface area contributed by atoms with Gasteiger partial charge in [-0.3, -0.25) is 0 Å². The van der Waals surface area contributed by atoms with Crippen molar-refractivity contribution in [3.8, 4) is 0 Å². The number of rotatable bonds is 4. The molecule has 1 aromatic carbocycles. The monoisotopic (exact) mass is 281 g/mol. The lowest BCUT2D eigenvalue weighted by atomic mass is 9.96. The molecule has 0 fully saturated rings. The molecule has 0 saturated heterocycles. The maximum absolute atomic E-state index is 13.1. The van der Waals surface area contributed by atoms with Gasteiger partial charge in [0.15, 0.2) is 0 Å². The van der Waals surface area contributed by atoms with Crippen molar-refractivity contribution in [3.05, 3.63) is 41.1 Å². The number of aryl methyl sites for hydroxylation is 1. The highest BCUT2D eigenvalue weighted by Crippen LogP contribution is 2.35. The summed E-state index contributed by atoms with van der Waals surface area (Å²) >= 11 is 0. The van der Waals surface area contributed by atoms with Crippen molar-refractivity contribution in [2.24, 2.45) is 0 Å². The second-order valence-corrected chi connectivity index (χ2v) is 5.04. The quantitative estimate of drug-likeness (QED) is 0.693. The maximum atomic E-state index is 13.1. The van der Waals surface area contributed by atoms with E-state index in [0.717, 1.165) is 30.2 Å². The van der Waals surface area contributed by atoms with Crippen LogP contribution in [0.3, 0.4) is 0 Å². The molecule has 0 bridgehead atoms. The molecule has 108 valence electrons. The van der Waals surface area contributed by atoms with Crippen molar-refractivity contribution in [2.45, 2.75) is 45.7 Å². The molecule has 0 unspecified atom stereocenters. The predicted molar refractivity (Wildman–Crippen MR) is 74.7 cm³/mol. The Kier molecular flexibility index (Phi) is 4.31. The number of benzene rings is 1. The minimum Gasteiger partial charge on any atom is -0.243 e. The molecule has 20 heavy (non-hydrogen) atoms. The normalized spacial score (nSPS) is 12.1. The Labute approximate surface area is 116 Å². The molecule has 4 heteroatoms. The van der Waals surface area contributed by atoms with E-state index in [9.17, 15) is 13.2 Å². The molecule has 0 radical (unpaired) electrons. The van der Waals surface area contributed by atoms with Gasteiger partial charge in [-0.15, -0.1) is 0 Å². The Morgan fingerprint density at radius 2 is 1.80 bits per heavy atom. The Morgan fingerprint density at radius 3 is 2.45 bits per heavy atom. The molecule has 2 aromatic rings. The first kappa shape index (κ1) is 14.8. The Bertz CT molecular complexity index is 602. The Balaban J connectivity index is 2.58. The number of fused-ring (bicyclic) bond motifs is 1. The number of para-hydroxylation sites is 1. The van der Waals surface area contributed by atoms with Gasteiger partial charge < -0.3 is 0 Å². The third kappa shape index (κ3) is 2.94. The summed E-state index contributed by atoms with van der Waals surface area (Å²) in [6.45, 7) is 3.61. The van der Waals surface area contributed by atoms with Crippen molar-refractivity contribution in [1.82, 2.24) is 4.98 Å². The maximum Gasteiger partial charge on any atom is 0.433 e. The largest absolute Gasteiger partial charge is 0.433 e. The molecule has 0 aliphatic heterocycles. The molecule has 0 atom stereocenters. The van der Waals surface area contributed by atoms with Gasteiger partial charge in [-0.05, 0) is 37.0 Å². The summed E-state index contributed by atoms with van der Waals surface area (Å²) in [5.74, 6) is 0. The molecule has 0 saturated carbocycles. The third-order valence-corrected chi connectivity index (χ3v) is 3.57. The minimum absolute atomic E-state index is 0.271. The summed E-state index contributed by atoms with van der Waals surface area (Å²) in [6, 6.07) is 7.07. The van der Waals surface area contributed by atoms with E-state index >= 15 is 0 Å². The number of hydrogen-bond donors (Lipinski definition) is 0. The molecule has 1 aromatic heterocycles. The standard InChI is InChI=1S/C16H18F3N/c1-3-4-5-8-12-11(2)15(16(17,18)19)20-14-10-7-6-9-13(12)14/h6-7,9-10H,3-5,8H2,1-2H3. The van der Waals surface area contributed by atoms with E-state index in [0.29, 0.717) is 11.9 Å². The first-order valence-corrected chi connectivity index (χ1v) is 6.90. The fraction of sp³-hybridized carbons (Fsp3) is 0.438. The smallest absolute Gasteiger partial charge is 0.243 e. The van der Waals surface area contributed by atoms with Gasteiger partial charge in [0.25, 0.3) is 0 Å². The number of hydrogen-bond acceptors (Lipinski definition) is 1. The van der Waals surface area contributed by atoms with E-state index in [1.807, 2.05) is 12.1 Å². The number of aromatic nitrogens is 1. The van der Waals surface area contributed by atoms with Gasteiger partial charge in [0, 0.05) is 5.39 Å². The van der Waals surface area contributed by atoms with Crippen molar-refractivity contribution in [2.75, 3.05) is 0 Å². The summed E-state index contributed by atoms with van der Waals surface area (Å²) in [5, 5.41) is 0.842. The SMILES string of the molecule is CCCCCc1c(C)c(C(F)(F)F)nc2ccccc12. The number of unbranched alkanes of at least 4 members (excludes halogenated alkanes) is 2. The van der Waals surface area contributed by atoms with Gasteiger partial charge in [-0.1, -0.05) is 38.0 Å². The minimum atomic E-state index is -4.40. The van der Waals surface area contributed by atoms with Gasteiger partial charge >= 0.3 is 6.18 Å². The molecule has 0 spiro atoms. The van der Waals surface area contributed by atoms with Gasteiger partial charge in [-0.25, -0.2) is 4.98 Å². The van der Waals surface area contributed by atoms with E-state index in [4.69, 9.17) is 0 Å². The third-order valence-electron chi connectivity index (χ3n) is 3.57. The Morgan fingerprint density at radius 1 is 1.10 bits per heavy atom. The first-order chi connectivity index (χ1) is 9.45. The van der Waals surface area contributed by atoms with Crippen LogP contribution in [-0.2, 0) is 12.6 Å². The lowest BCUT2D eigenvalue weighted by Gasteiger charge is -2.16. The van der Waals surface area contributed by atoms with E-state index < -0.39 is 11.9 Å². The lowest BCUT2D eigenvalue weighted by Crippen LogP contribution is -2.13. The first-order valence-electron chi connectivity index (χ1n) is 6.90. The zero-order valence-electron chi connectivity index (χ0n) is 11.7. The highest BCUT2D eigenvalue weighted by molar-refractivity contribution is 5.83. The van der Waals surface area contributed by atoms with Crippen molar-refractivity contribution in [3.63, 3.8) is 0 Å². The van der Waals surface area contributed by atoms with Crippen LogP contribution in [0.15, 0.2) is 24.3 Å². The van der Waals surface area contributed by atoms with E-state index in [1.54, 1.807) is 12.1 Å². The molecular weight excluding hydrogens is 263 g/mol. The second-order valence-electron chi connectivity index (χ2n) is 5.04. The fourth-order valence-electron chi connectivity index (χ4n) is 2.53. The van der Waals surface area contributed by atoms with Crippen molar-refractivity contribution in [1.29, 1.82) is 0 Å². The van der Waals surface area contributed by atoms with E-state index in [2.05, 4.69) is 11.9 Å². The van der Waals surface area contributed by atoms with Crippen LogP contribution in [-0.4, -0.2) is 4.98 Å². The average molecular weight is 281 g/mol. The summed E-state index contributed by atoms with van der Waals surface area (Å²) in [6.07, 6.45) is -0.742. The van der Waals surface area contributed by atoms with Crippen molar-refractivity contribution < 1.29 is 13.2 Å². The fourth-order valence-corrected chi connectivity index (χ4v) is 2.53. The number of pyridine rings is 1. The number of nitrogens with zero attached hydrogens (tertiary/aromatic N) is 1. The van der Waals surface area contributed by atoms with Crippen LogP contribution >= 0.6 is 0 Å². The molecule has 0 amide bonds. The van der Waals surface area contributed by atoms with Gasteiger partial charge in [-0.2, -0.15) is 13.2 Å². The average Bonchev–Trinajstić information content (AvgIpc) is 2.39. The van der Waals surface area contributed by atoms with Gasteiger partial charge in [0.1, 0.15) is 5.69 Å². The van der Waals surface area contributed by atoms with Crippen LogP contribution < -0.4 is 0 Å². The zero-order valence-corrected chi connectivity index (χ0v) is 11.7. The molecule has 1 heterocycles. The summed E-state index contributed by atoms with van der Waals surface area (Å²) in [5.41, 5.74) is 0.739. The van der Waals surface area contributed by atoms with Crippen molar-refractivity contribution >= 4 is 10.9 Å². The highest BCUT2D eigenvalue weighted by atomic mass is 19.4. The second kappa shape index (κ2) is 5.81. The highest BCUT2D eigenvalue weighted by Gasteiger charge is 2.35. The summed E-state index contributed by atoms with van der Waals surface area (Å²) in [7, 11) is 0. The van der Waals surface area contributed by atoms with Gasteiger partial charge in [0.05, 0.1) is 5.52 Å². The van der Waals surface area contributed by atoms with Crippen LogP contribution in [0.4, 0.5) is 13.2 Å². The summed E-state index contributed by atoms with van der Waals surface area (Å²) in [4.78, 5) is 3.81. The van der Waals surface area contributed by atoms with E-state index in [-0.39, 0.29) is 5.56 Å². The lowest BCUT2D eigenvalue weighted by molar-refractivity contribution is -0.141. The van der Waals surface area contributed by atoms with Crippen LogP contribution in [0.2, 0.25) is 0 Å². The molecule has 0 N–H and O–H groups in total. The van der Waals surface area contributed by atoms with Crippen LogP contribution in [0, 0.1) is 6.92 Å².